The van der Waals surface area contributed by atoms with Gasteiger partial charge in [0.25, 0.3) is 0 Å². The van der Waals surface area contributed by atoms with Gasteiger partial charge in [-0.15, -0.1) is 0 Å². The van der Waals surface area contributed by atoms with E-state index in [4.69, 9.17) is 0 Å². The highest BCUT2D eigenvalue weighted by atomic mass is 16.7. The summed E-state index contributed by atoms with van der Waals surface area (Å²) in [6.07, 6.45) is -0.996. The Labute approximate surface area is 318 Å². The van der Waals surface area contributed by atoms with Crippen LogP contribution in [0, 0.1) is 0 Å². The summed E-state index contributed by atoms with van der Waals surface area (Å²) in [7, 11) is 12.1. The summed E-state index contributed by atoms with van der Waals surface area (Å²) in [5.74, 6) is -1.26. The first-order valence-corrected chi connectivity index (χ1v) is 13.3. The lowest BCUT2D eigenvalue weighted by molar-refractivity contribution is -0.155. The third-order valence-corrected chi connectivity index (χ3v) is 3.46. The Hall–Kier alpha value is -4.44. The van der Waals surface area contributed by atoms with E-state index in [1.165, 1.54) is 86.7 Å². The molecule has 1 unspecified atom stereocenters. The van der Waals surface area contributed by atoms with Crippen LogP contribution in [0.25, 0.3) is 0 Å². The van der Waals surface area contributed by atoms with Crippen molar-refractivity contribution in [3.63, 3.8) is 0 Å². The van der Waals surface area contributed by atoms with Crippen LogP contribution in [0.15, 0.2) is 0 Å². The van der Waals surface area contributed by atoms with Crippen molar-refractivity contribution in [3.8, 4) is 0 Å². The lowest BCUT2D eigenvalue weighted by Gasteiger charge is -2.10. The van der Waals surface area contributed by atoms with Gasteiger partial charge in [-0.25, -0.2) is 4.79 Å². The predicted octanol–water partition coefficient (Wildman–Crippen LogP) is 6.22. The lowest BCUT2D eigenvalue weighted by Crippen LogP contribution is -2.19. The highest BCUT2D eigenvalue weighted by molar-refractivity contribution is 5.72. The number of ether oxygens (including phenoxy) is 7. The first kappa shape index (κ1) is 86.3. The second-order valence-electron chi connectivity index (χ2n) is 8.76. The number of esters is 5. The standard InChI is InChI=1S/C7H12O4.C5H10O2.2C4H9NO.C3H6O3.2C3H6O2.6CH4/c1-5(11-7(3)9)4-10-6(2)8;1-4(2)7-5(3)6;2*1-4(6)5(2)3;1-5-3(4)6-2;2*1-3(4)5-2;;;;;;/h5H,4H2,1-3H3;4H,1-3H3;2*1-3H3;1-2H3;2*1-2H3;6*1H4. The number of hydrogen-bond acceptors (Lipinski definition) is 15. The number of rotatable bonds is 4. The van der Waals surface area contributed by atoms with Crippen molar-refractivity contribution >= 4 is 47.8 Å². The molecule has 52 heavy (non-hydrogen) atoms. The zero-order chi connectivity index (χ0) is 38.6. The molecule has 0 fully saturated rings. The Bertz CT molecular complexity index is 805. The molecular weight excluding hydrogens is 688 g/mol. The topological polar surface area (TPSA) is 208 Å². The van der Waals surface area contributed by atoms with Gasteiger partial charge in [0, 0.05) is 76.7 Å². The minimum atomic E-state index is -0.657. The average molecular weight is 771 g/mol. The molecule has 0 saturated carbocycles. The van der Waals surface area contributed by atoms with Crippen molar-refractivity contribution < 1.29 is 71.5 Å². The van der Waals surface area contributed by atoms with E-state index in [9.17, 15) is 38.4 Å². The quantitative estimate of drug-likeness (QED) is 0.230. The van der Waals surface area contributed by atoms with Crippen LogP contribution in [0.2, 0.25) is 0 Å². The summed E-state index contributed by atoms with van der Waals surface area (Å²) in [6, 6.07) is 0. The highest BCUT2D eigenvalue weighted by Gasteiger charge is 2.06. The van der Waals surface area contributed by atoms with Crippen LogP contribution in [-0.2, 0) is 66.7 Å². The number of hydrogen-bond donors (Lipinski definition) is 0. The Morgan fingerprint density at radius 1 is 0.442 bits per heavy atom. The van der Waals surface area contributed by atoms with Crippen LogP contribution in [-0.4, -0.2) is 133 Å². The maximum Gasteiger partial charge on any atom is 0.507 e. The highest BCUT2D eigenvalue weighted by Crippen LogP contribution is 1.92. The largest absolute Gasteiger partial charge is 0.507 e. The Morgan fingerprint density at radius 2 is 0.673 bits per heavy atom. The van der Waals surface area contributed by atoms with E-state index < -0.39 is 6.16 Å². The van der Waals surface area contributed by atoms with Gasteiger partial charge in [0.15, 0.2) is 0 Å². The van der Waals surface area contributed by atoms with E-state index in [2.05, 4.69) is 33.2 Å². The van der Waals surface area contributed by atoms with E-state index in [-0.39, 0.29) is 105 Å². The van der Waals surface area contributed by atoms with Gasteiger partial charge in [0.2, 0.25) is 11.8 Å². The third kappa shape index (κ3) is 150. The fourth-order valence-electron chi connectivity index (χ4n) is 0.967. The van der Waals surface area contributed by atoms with Crippen LogP contribution >= 0.6 is 0 Å². The molecule has 0 bridgehead atoms. The Balaban J connectivity index is -0.0000000310. The SMILES string of the molecule is C.C.C.C.C.C.CC(=O)N(C)C.CC(=O)N(C)C.CC(=O)OC(C)C.CC(=O)OCC(C)OC(C)=O.COC(=O)OC.COC(C)=O.COC(C)=O. The van der Waals surface area contributed by atoms with E-state index in [0.29, 0.717) is 0 Å². The Kier molecular flexibility index (Phi) is 103. The summed E-state index contributed by atoms with van der Waals surface area (Å²) in [6.45, 7) is 15.2. The second kappa shape index (κ2) is 61.8. The van der Waals surface area contributed by atoms with Gasteiger partial charge in [-0.1, -0.05) is 44.6 Å². The van der Waals surface area contributed by atoms with Crippen molar-refractivity contribution in [1.29, 1.82) is 0 Å². The summed E-state index contributed by atoms with van der Waals surface area (Å²) >= 11 is 0. The number of nitrogens with zero attached hydrogens (tertiary/aromatic N) is 2. The molecule has 17 nitrogen and oxygen atoms in total. The van der Waals surface area contributed by atoms with Gasteiger partial charge in [0.05, 0.1) is 34.5 Å². The van der Waals surface area contributed by atoms with Gasteiger partial charge in [-0.05, 0) is 20.8 Å². The smallest absolute Gasteiger partial charge is 0.469 e. The monoisotopic (exact) mass is 771 g/mol. The molecule has 0 heterocycles. The first-order valence-electron chi connectivity index (χ1n) is 13.3. The number of carbonyl (C=O) groups is 8. The van der Waals surface area contributed by atoms with Crippen LogP contribution in [0.3, 0.4) is 0 Å². The van der Waals surface area contributed by atoms with Crippen molar-refractivity contribution in [2.45, 2.75) is 126 Å². The molecule has 2 amide bonds. The van der Waals surface area contributed by atoms with E-state index >= 15 is 0 Å². The number of amides is 2. The van der Waals surface area contributed by atoms with Crippen LogP contribution < -0.4 is 0 Å². The molecule has 322 valence electrons. The molecule has 0 N–H and O–H groups in total. The number of carbonyl (C=O) groups excluding carboxylic acids is 8. The van der Waals surface area contributed by atoms with Gasteiger partial charge in [0.1, 0.15) is 12.7 Å². The maximum atomic E-state index is 10.3. The second-order valence-corrected chi connectivity index (χ2v) is 8.76. The molecule has 0 spiro atoms. The molecule has 0 radical (unpaired) electrons. The third-order valence-electron chi connectivity index (χ3n) is 3.46. The fraction of sp³-hybridized carbons (Fsp3) is 0.771. The van der Waals surface area contributed by atoms with Gasteiger partial charge >= 0.3 is 36.0 Å². The maximum absolute atomic E-state index is 10.3. The average Bonchev–Trinajstić information content (AvgIpc) is 2.92. The summed E-state index contributed by atoms with van der Waals surface area (Å²) in [5, 5.41) is 0. The van der Waals surface area contributed by atoms with Crippen LogP contribution in [0.5, 0.6) is 0 Å². The van der Waals surface area contributed by atoms with Crippen LogP contribution in [0.1, 0.15) is 114 Å². The van der Waals surface area contributed by atoms with Gasteiger partial charge in [-0.2, -0.15) is 0 Å². The zero-order valence-corrected chi connectivity index (χ0v) is 30.9. The van der Waals surface area contributed by atoms with Crippen molar-refractivity contribution in [2.75, 3.05) is 63.2 Å². The van der Waals surface area contributed by atoms with Crippen molar-refractivity contribution in [2.24, 2.45) is 0 Å². The molecule has 17 heteroatoms. The molecule has 0 rings (SSSR count). The van der Waals surface area contributed by atoms with E-state index in [1.807, 2.05) is 13.8 Å². The summed E-state index contributed by atoms with van der Waals surface area (Å²) in [4.78, 5) is 82.8. The number of methoxy groups -OCH3 is 4. The minimum absolute atomic E-state index is 0. The fourth-order valence-corrected chi connectivity index (χ4v) is 0.967. The Morgan fingerprint density at radius 3 is 0.750 bits per heavy atom. The molecule has 0 aliphatic carbocycles. The predicted molar refractivity (Wildman–Crippen MR) is 209 cm³/mol. The van der Waals surface area contributed by atoms with Crippen molar-refractivity contribution in [3.05, 3.63) is 0 Å². The normalized spacial score (nSPS) is 7.67. The minimum Gasteiger partial charge on any atom is -0.469 e. The molecular formula is C35H82N2O15. The lowest BCUT2D eigenvalue weighted by atomic mass is 10.4. The molecule has 0 aromatic carbocycles. The van der Waals surface area contributed by atoms with E-state index in [0.717, 1.165) is 0 Å². The van der Waals surface area contributed by atoms with Crippen molar-refractivity contribution in [1.82, 2.24) is 9.80 Å². The van der Waals surface area contributed by atoms with Crippen LogP contribution in [0.4, 0.5) is 4.79 Å². The summed E-state index contributed by atoms with van der Waals surface area (Å²) < 4.78 is 30.2. The van der Waals surface area contributed by atoms with Gasteiger partial charge in [-0.3, -0.25) is 33.6 Å². The first-order chi connectivity index (χ1) is 20.8. The molecule has 0 aliphatic rings. The van der Waals surface area contributed by atoms with Gasteiger partial charge < -0.3 is 43.0 Å². The molecule has 0 aromatic heterocycles. The zero-order valence-electron chi connectivity index (χ0n) is 30.9. The molecule has 0 aromatic rings. The molecule has 0 saturated heterocycles. The molecule has 0 aliphatic heterocycles. The summed E-state index contributed by atoms with van der Waals surface area (Å²) in [5.41, 5.74) is 0. The molecule has 1 atom stereocenters. The van der Waals surface area contributed by atoms with E-state index in [1.54, 1.807) is 35.1 Å².